The minimum Gasteiger partial charge on any atom is -0.640 e. The molecule has 66 valence electrons. The quantitative estimate of drug-likeness (QED) is 0.514. The minimum absolute atomic E-state index is 0. The van der Waals surface area contributed by atoms with Crippen LogP contribution in [-0.2, 0) is 79.7 Å². The molecular formula is C6H11NO3Y2-2. The summed E-state index contributed by atoms with van der Waals surface area (Å²) in [6, 6.07) is 0. The smallest absolute Gasteiger partial charge is 0.270 e. The molecular weight excluding hydrogens is 312 g/mol. The Morgan fingerprint density at radius 3 is 1.42 bits per heavy atom. The van der Waals surface area contributed by atoms with Crippen molar-refractivity contribution in [3.05, 3.63) is 14.2 Å². The van der Waals surface area contributed by atoms with Gasteiger partial charge in [-0.15, -0.1) is 0 Å². The molecule has 6 heteroatoms. The molecule has 0 spiro atoms. The topological polar surface area (TPSA) is 55.4 Å². The third-order valence-electron chi connectivity index (χ3n) is 0.452. The van der Waals surface area contributed by atoms with Gasteiger partial charge in [-0.05, 0) is 0 Å². The molecule has 0 aliphatic carbocycles. The normalized spacial score (nSPS) is 5.67. The predicted octanol–water partition coefficient (Wildman–Crippen LogP) is 0.250. The molecule has 0 aromatic heterocycles. The first-order valence-corrected chi connectivity index (χ1v) is 2.50. The van der Waals surface area contributed by atoms with Gasteiger partial charge in [-0.25, -0.2) is 0 Å². The second-order valence-electron chi connectivity index (χ2n) is 1.37. The average molecular weight is 323 g/mol. The number of hydrogen-bond donors (Lipinski definition) is 1. The Hall–Kier alpha value is 1.15. The molecule has 0 aromatic carbocycles. The molecule has 0 heterocycles. The largest absolute Gasteiger partial charge is 0.640 e. The van der Waals surface area contributed by atoms with E-state index >= 15 is 0 Å². The molecule has 0 saturated heterocycles. The number of nitrogens with one attached hydrogen (secondary N) is 1. The van der Waals surface area contributed by atoms with Gasteiger partial charge in [-0.2, -0.15) is 7.11 Å². The van der Waals surface area contributed by atoms with Crippen molar-refractivity contribution >= 4 is 11.9 Å². The number of amides is 1. The second kappa shape index (κ2) is 18.0. The molecule has 0 unspecified atom stereocenters. The summed E-state index contributed by atoms with van der Waals surface area (Å²) in [5.41, 5.74) is 0. The fourth-order valence-electron chi connectivity index (χ4n) is 0. The van der Waals surface area contributed by atoms with Crippen LogP contribution >= 0.6 is 0 Å². The second-order valence-corrected chi connectivity index (χ2v) is 1.37. The molecule has 0 saturated carbocycles. The van der Waals surface area contributed by atoms with E-state index < -0.39 is 0 Å². The molecule has 0 aromatic rings. The molecule has 0 aliphatic rings. The van der Waals surface area contributed by atoms with Crippen LogP contribution in [0.5, 0.6) is 0 Å². The van der Waals surface area contributed by atoms with Crippen molar-refractivity contribution < 1.29 is 79.7 Å². The van der Waals surface area contributed by atoms with E-state index in [4.69, 9.17) is 0 Å². The standard InChI is InChI=1S/C3H6NO.C3H5O2.2Y/c1-3(5)4-2;1-3(4)5-2;;/h2H2,1H3,(H,4,5);2H2,1H3;;/q2*-1;;. The van der Waals surface area contributed by atoms with Gasteiger partial charge < -0.3 is 10.1 Å². The number of hydrogen-bond acceptors (Lipinski definition) is 3. The molecule has 0 atom stereocenters. The summed E-state index contributed by atoms with van der Waals surface area (Å²) in [5, 5.41) is 2.14. The van der Waals surface area contributed by atoms with E-state index in [1.807, 2.05) is 0 Å². The van der Waals surface area contributed by atoms with Gasteiger partial charge in [0.2, 0.25) is 0 Å². The Balaban J connectivity index is -0.0000000457. The Labute approximate surface area is 123 Å². The Morgan fingerprint density at radius 2 is 1.42 bits per heavy atom. The van der Waals surface area contributed by atoms with E-state index in [-0.39, 0.29) is 77.3 Å². The third-order valence-corrected chi connectivity index (χ3v) is 0.452. The summed E-state index contributed by atoms with van der Waals surface area (Å²) < 4.78 is 3.86. The van der Waals surface area contributed by atoms with Gasteiger partial charge >= 0.3 is 0 Å². The van der Waals surface area contributed by atoms with Gasteiger partial charge in [0, 0.05) is 79.3 Å². The molecule has 2 radical (unpaired) electrons. The Morgan fingerprint density at radius 1 is 1.25 bits per heavy atom. The van der Waals surface area contributed by atoms with Crippen molar-refractivity contribution in [2.45, 2.75) is 13.8 Å². The van der Waals surface area contributed by atoms with Crippen LogP contribution in [0.25, 0.3) is 0 Å². The van der Waals surface area contributed by atoms with E-state index in [9.17, 15) is 9.59 Å². The zero-order chi connectivity index (χ0) is 8.57. The molecule has 12 heavy (non-hydrogen) atoms. The summed E-state index contributed by atoms with van der Waals surface area (Å²) >= 11 is 0. The zero-order valence-corrected chi connectivity index (χ0v) is 13.0. The number of rotatable bonds is 0. The van der Waals surface area contributed by atoms with Crippen molar-refractivity contribution in [2.24, 2.45) is 0 Å². The Kier molecular flexibility index (Phi) is 34.9. The predicted molar refractivity (Wildman–Crippen MR) is 36.3 cm³/mol. The first-order chi connectivity index (χ1) is 4.54. The summed E-state index contributed by atoms with van der Waals surface area (Å²) in [4.78, 5) is 19.2. The molecule has 0 bridgehead atoms. The van der Waals surface area contributed by atoms with E-state index in [1.54, 1.807) is 0 Å². The summed E-state index contributed by atoms with van der Waals surface area (Å²) in [5.74, 6) is -0.463. The number of carbonyl (C=O) groups excluding carboxylic acids is 2. The molecule has 0 fully saturated rings. The third kappa shape index (κ3) is 43.3. The first kappa shape index (κ1) is 23.2. The van der Waals surface area contributed by atoms with Crippen molar-refractivity contribution in [3.8, 4) is 0 Å². The average Bonchev–Trinajstić information content (AvgIpc) is 1.89. The maximum absolute atomic E-state index is 9.64. The monoisotopic (exact) mass is 323 g/mol. The van der Waals surface area contributed by atoms with E-state index in [0.29, 0.717) is 0 Å². The zero-order valence-electron chi connectivity index (χ0n) is 7.29. The van der Waals surface area contributed by atoms with Gasteiger partial charge in [0.1, 0.15) is 0 Å². The van der Waals surface area contributed by atoms with Crippen molar-refractivity contribution in [1.82, 2.24) is 5.32 Å². The Bertz CT molecular complexity index is 105. The number of carbonyl (C=O) groups is 2. The summed E-state index contributed by atoms with van der Waals surface area (Å²) in [6.45, 7) is 2.71. The van der Waals surface area contributed by atoms with Crippen LogP contribution in [0, 0.1) is 14.2 Å². The van der Waals surface area contributed by atoms with Crippen LogP contribution in [-0.4, -0.2) is 11.9 Å². The maximum Gasteiger partial charge on any atom is 0.270 e. The van der Waals surface area contributed by atoms with Crippen LogP contribution in [0.1, 0.15) is 13.8 Å². The number of esters is 1. The SMILES string of the molecule is [CH2-]NC(C)=O.[CH2-]OC(C)=O.[Y].[Y]. The first-order valence-electron chi connectivity index (χ1n) is 2.50. The molecule has 1 N–H and O–H groups in total. The van der Waals surface area contributed by atoms with Crippen LogP contribution in [0.3, 0.4) is 0 Å². The van der Waals surface area contributed by atoms with Crippen molar-refractivity contribution in [1.29, 1.82) is 0 Å². The summed E-state index contributed by atoms with van der Waals surface area (Å²) in [7, 11) is 5.92. The van der Waals surface area contributed by atoms with Crippen LogP contribution in [0.2, 0.25) is 0 Å². The van der Waals surface area contributed by atoms with Gasteiger partial charge in [0.15, 0.2) is 5.91 Å². The minimum atomic E-state index is -0.356. The fraction of sp³-hybridized carbons (Fsp3) is 0.333. The van der Waals surface area contributed by atoms with Gasteiger partial charge in [0.05, 0.1) is 0 Å². The van der Waals surface area contributed by atoms with Gasteiger partial charge in [-0.3, -0.25) is 16.6 Å². The summed E-state index contributed by atoms with van der Waals surface area (Å²) in [6.07, 6.45) is 0. The molecule has 4 nitrogen and oxygen atoms in total. The molecule has 0 rings (SSSR count). The van der Waals surface area contributed by atoms with E-state index in [1.165, 1.54) is 13.8 Å². The van der Waals surface area contributed by atoms with E-state index in [2.05, 4.69) is 24.2 Å². The van der Waals surface area contributed by atoms with Crippen molar-refractivity contribution in [3.63, 3.8) is 0 Å². The number of ether oxygens (including phenoxy) is 1. The van der Waals surface area contributed by atoms with Gasteiger partial charge in [-0.1, -0.05) is 0 Å². The fourth-order valence-corrected chi connectivity index (χ4v) is 0. The van der Waals surface area contributed by atoms with Crippen LogP contribution in [0.4, 0.5) is 0 Å². The van der Waals surface area contributed by atoms with Gasteiger partial charge in [0.25, 0.3) is 5.97 Å². The van der Waals surface area contributed by atoms with Crippen LogP contribution < -0.4 is 5.32 Å². The molecule has 0 aliphatic heterocycles. The van der Waals surface area contributed by atoms with Crippen molar-refractivity contribution in [2.75, 3.05) is 0 Å². The molecule has 1 amide bonds. The maximum atomic E-state index is 9.64. The van der Waals surface area contributed by atoms with Crippen LogP contribution in [0.15, 0.2) is 0 Å². The van der Waals surface area contributed by atoms with E-state index in [0.717, 1.165) is 0 Å².